The van der Waals surface area contributed by atoms with Crippen LogP contribution in [0, 0.1) is 11.8 Å². The molecule has 2 aromatic heterocycles. The highest BCUT2D eigenvalue weighted by atomic mass is 16.5. The fourth-order valence-electron chi connectivity index (χ4n) is 5.16. The third-order valence-electron chi connectivity index (χ3n) is 6.60. The summed E-state index contributed by atoms with van der Waals surface area (Å²) >= 11 is 0. The van der Waals surface area contributed by atoms with Crippen molar-refractivity contribution in [2.45, 2.75) is 13.0 Å². The predicted octanol–water partition coefficient (Wildman–Crippen LogP) is 3.24. The van der Waals surface area contributed by atoms with Crippen molar-refractivity contribution >= 4 is 17.3 Å². The van der Waals surface area contributed by atoms with E-state index in [1.54, 1.807) is 14.0 Å². The van der Waals surface area contributed by atoms with Crippen LogP contribution in [0.2, 0.25) is 0 Å². The summed E-state index contributed by atoms with van der Waals surface area (Å²) in [5, 5.41) is 0. The van der Waals surface area contributed by atoms with Gasteiger partial charge in [-0.05, 0) is 42.0 Å². The number of pyridine rings is 1. The summed E-state index contributed by atoms with van der Waals surface area (Å²) in [6.07, 6.45) is 1.93. The molecule has 0 aliphatic carbocycles. The van der Waals surface area contributed by atoms with Gasteiger partial charge in [0.2, 0.25) is 5.91 Å². The van der Waals surface area contributed by atoms with Crippen molar-refractivity contribution in [1.82, 2.24) is 14.2 Å². The number of fused-ring (bicyclic) bond motifs is 2. The highest BCUT2D eigenvalue weighted by Crippen LogP contribution is 2.45. The summed E-state index contributed by atoms with van der Waals surface area (Å²) in [5.74, 6) is 1.46. The topological polar surface area (TPSA) is 54.3 Å². The second kappa shape index (κ2) is 7.20. The quantitative estimate of drug-likeness (QED) is 0.675. The molecular formula is C24H25N3O3. The standard InChI is InChI=1S/C24H25N3O3/c1-16(28)27-14-18-13-25(24(29)22-11-8-19-5-3-4-12-26(19)22)15-21(18)23(27)17-6-9-20(30-2)10-7-17/h3-12,18,21,23H,13-15H2,1-2H3/t18-,21-,23+/m1/s1. The molecule has 2 amide bonds. The highest BCUT2D eigenvalue weighted by molar-refractivity contribution is 5.94. The van der Waals surface area contributed by atoms with Gasteiger partial charge in [-0.15, -0.1) is 0 Å². The third kappa shape index (κ3) is 2.95. The number of methoxy groups -OCH3 is 1. The number of rotatable bonds is 3. The Bertz CT molecular complexity index is 1100. The summed E-state index contributed by atoms with van der Waals surface area (Å²) in [6.45, 7) is 3.66. The van der Waals surface area contributed by atoms with Gasteiger partial charge in [-0.25, -0.2) is 0 Å². The zero-order chi connectivity index (χ0) is 20.8. The first kappa shape index (κ1) is 18.7. The Hall–Kier alpha value is -3.28. The molecule has 2 aliphatic heterocycles. The summed E-state index contributed by atoms with van der Waals surface area (Å²) in [6, 6.07) is 17.7. The summed E-state index contributed by atoms with van der Waals surface area (Å²) < 4.78 is 7.23. The van der Waals surface area contributed by atoms with Gasteiger partial charge in [0.05, 0.1) is 13.2 Å². The van der Waals surface area contributed by atoms with Crippen molar-refractivity contribution in [3.05, 3.63) is 72.1 Å². The molecule has 5 rings (SSSR count). The molecule has 0 radical (unpaired) electrons. The van der Waals surface area contributed by atoms with Gasteiger partial charge in [0, 0.05) is 50.1 Å². The van der Waals surface area contributed by atoms with Crippen molar-refractivity contribution in [1.29, 1.82) is 0 Å². The van der Waals surface area contributed by atoms with Gasteiger partial charge >= 0.3 is 0 Å². The number of hydrogen-bond donors (Lipinski definition) is 0. The lowest BCUT2D eigenvalue weighted by atomic mass is 9.89. The van der Waals surface area contributed by atoms with Gasteiger partial charge in [-0.3, -0.25) is 9.59 Å². The van der Waals surface area contributed by atoms with Gasteiger partial charge in [-0.1, -0.05) is 18.2 Å². The minimum atomic E-state index is -0.0136. The highest BCUT2D eigenvalue weighted by Gasteiger charge is 2.49. The Morgan fingerprint density at radius 3 is 2.50 bits per heavy atom. The van der Waals surface area contributed by atoms with E-state index < -0.39 is 0 Å². The molecule has 30 heavy (non-hydrogen) atoms. The van der Waals surface area contributed by atoms with Crippen molar-refractivity contribution in [3.8, 4) is 5.75 Å². The molecule has 0 unspecified atom stereocenters. The fraction of sp³-hybridized carbons (Fsp3) is 0.333. The molecule has 1 aromatic carbocycles. The van der Waals surface area contributed by atoms with Crippen molar-refractivity contribution in [3.63, 3.8) is 0 Å². The third-order valence-corrected chi connectivity index (χ3v) is 6.60. The zero-order valence-corrected chi connectivity index (χ0v) is 17.2. The van der Waals surface area contributed by atoms with E-state index >= 15 is 0 Å². The van der Waals surface area contributed by atoms with Crippen LogP contribution in [0.1, 0.15) is 29.0 Å². The molecule has 6 nitrogen and oxygen atoms in total. The summed E-state index contributed by atoms with van der Waals surface area (Å²) in [7, 11) is 1.65. The van der Waals surface area contributed by atoms with Crippen LogP contribution in [0.4, 0.5) is 0 Å². The predicted molar refractivity (Wildman–Crippen MR) is 113 cm³/mol. The lowest BCUT2D eigenvalue weighted by Crippen LogP contribution is -2.36. The number of benzene rings is 1. The average Bonchev–Trinajstić information content (AvgIpc) is 3.45. The molecule has 3 aromatic rings. The summed E-state index contributed by atoms with van der Waals surface area (Å²) in [5.41, 5.74) is 2.80. The van der Waals surface area contributed by atoms with E-state index in [-0.39, 0.29) is 29.7 Å². The molecule has 4 heterocycles. The Balaban J connectivity index is 1.42. The maximum atomic E-state index is 13.3. The van der Waals surface area contributed by atoms with Crippen molar-refractivity contribution < 1.29 is 14.3 Å². The van der Waals surface area contributed by atoms with Crippen LogP contribution < -0.4 is 4.74 Å². The molecular weight excluding hydrogens is 378 g/mol. The largest absolute Gasteiger partial charge is 0.497 e. The van der Waals surface area contributed by atoms with Crippen LogP contribution in [0.3, 0.4) is 0 Å². The van der Waals surface area contributed by atoms with Crippen molar-refractivity contribution in [2.24, 2.45) is 11.8 Å². The zero-order valence-electron chi connectivity index (χ0n) is 17.2. The molecule has 2 aliphatic rings. The number of ether oxygens (including phenoxy) is 1. The Kier molecular flexibility index (Phi) is 4.50. The maximum absolute atomic E-state index is 13.3. The number of carbonyl (C=O) groups is 2. The lowest BCUT2D eigenvalue weighted by molar-refractivity contribution is -0.130. The fourth-order valence-corrected chi connectivity index (χ4v) is 5.16. The van der Waals surface area contributed by atoms with Gasteiger partial charge < -0.3 is 18.9 Å². The maximum Gasteiger partial charge on any atom is 0.270 e. The van der Waals surface area contributed by atoms with Gasteiger partial charge in [-0.2, -0.15) is 0 Å². The van der Waals surface area contributed by atoms with Gasteiger partial charge in [0.1, 0.15) is 11.4 Å². The van der Waals surface area contributed by atoms with E-state index in [9.17, 15) is 9.59 Å². The number of hydrogen-bond acceptors (Lipinski definition) is 3. The van der Waals surface area contributed by atoms with E-state index in [2.05, 4.69) is 0 Å². The molecule has 0 spiro atoms. The SMILES string of the molecule is COc1ccc([C@H]2[C@@H]3CN(C(=O)c4ccc5ccccn45)C[C@@H]3CN2C(C)=O)cc1. The molecule has 2 fully saturated rings. The normalized spacial score (nSPS) is 23.1. The van der Waals surface area contributed by atoms with Crippen LogP contribution in [0.5, 0.6) is 5.75 Å². The van der Waals surface area contributed by atoms with Crippen LogP contribution in [0.15, 0.2) is 60.8 Å². The molecule has 154 valence electrons. The first-order valence-corrected chi connectivity index (χ1v) is 10.3. The Morgan fingerprint density at radius 2 is 1.77 bits per heavy atom. The first-order chi connectivity index (χ1) is 14.6. The number of nitrogens with zero attached hydrogens (tertiary/aromatic N) is 3. The van der Waals surface area contributed by atoms with E-state index in [0.29, 0.717) is 25.3 Å². The molecule has 0 N–H and O–H groups in total. The van der Waals surface area contributed by atoms with E-state index in [1.807, 2.05) is 75.0 Å². The molecule has 0 bridgehead atoms. The second-order valence-corrected chi connectivity index (χ2v) is 8.24. The van der Waals surface area contributed by atoms with Crippen LogP contribution in [-0.4, -0.2) is 52.8 Å². The lowest BCUT2D eigenvalue weighted by Gasteiger charge is -2.29. The smallest absolute Gasteiger partial charge is 0.270 e. The van der Waals surface area contributed by atoms with E-state index in [0.717, 1.165) is 16.8 Å². The van der Waals surface area contributed by atoms with E-state index in [1.165, 1.54) is 0 Å². The number of aromatic nitrogens is 1. The van der Waals surface area contributed by atoms with Crippen LogP contribution >= 0.6 is 0 Å². The first-order valence-electron chi connectivity index (χ1n) is 10.3. The number of amides is 2. The Morgan fingerprint density at radius 1 is 0.967 bits per heavy atom. The number of likely N-dealkylation sites (tertiary alicyclic amines) is 2. The monoisotopic (exact) mass is 403 g/mol. The Labute approximate surface area is 175 Å². The van der Waals surface area contributed by atoms with Crippen molar-refractivity contribution in [2.75, 3.05) is 26.7 Å². The minimum Gasteiger partial charge on any atom is -0.497 e. The molecule has 2 saturated heterocycles. The summed E-state index contributed by atoms with van der Waals surface area (Å²) in [4.78, 5) is 29.6. The van der Waals surface area contributed by atoms with Crippen LogP contribution in [0.25, 0.3) is 5.52 Å². The molecule has 6 heteroatoms. The number of carbonyl (C=O) groups excluding carboxylic acids is 2. The average molecular weight is 403 g/mol. The molecule has 3 atom stereocenters. The van der Waals surface area contributed by atoms with Gasteiger partial charge in [0.25, 0.3) is 5.91 Å². The van der Waals surface area contributed by atoms with Crippen LogP contribution in [-0.2, 0) is 4.79 Å². The van der Waals surface area contributed by atoms with E-state index in [4.69, 9.17) is 4.74 Å². The molecule has 0 saturated carbocycles. The minimum absolute atomic E-state index is 0.0136. The second-order valence-electron chi connectivity index (χ2n) is 8.24. The van der Waals surface area contributed by atoms with Gasteiger partial charge in [0.15, 0.2) is 0 Å².